The lowest BCUT2D eigenvalue weighted by Crippen LogP contribution is -2.40. The smallest absolute Gasteiger partial charge is 0.194 e. The van der Waals surface area contributed by atoms with E-state index in [-0.39, 0.29) is 24.0 Å². The minimum Gasteiger partial charge on any atom is -0.376 e. The largest absolute Gasteiger partial charge is 0.376 e. The van der Waals surface area contributed by atoms with E-state index < -0.39 is 0 Å². The van der Waals surface area contributed by atoms with Crippen molar-refractivity contribution in [2.75, 3.05) is 26.2 Å². The summed E-state index contributed by atoms with van der Waals surface area (Å²) in [5.41, 5.74) is 3.62. The third-order valence-corrected chi connectivity index (χ3v) is 5.60. The number of nitrogens with zero attached hydrogens (tertiary/aromatic N) is 5. The molecule has 1 aliphatic rings. The zero-order chi connectivity index (χ0) is 22.0. The molecule has 33 heavy (non-hydrogen) atoms. The highest BCUT2D eigenvalue weighted by Crippen LogP contribution is 2.18. The number of benzene rings is 2. The molecule has 1 fully saturated rings. The van der Waals surface area contributed by atoms with E-state index in [4.69, 9.17) is 9.73 Å². The Bertz CT molecular complexity index is 980. The van der Waals surface area contributed by atoms with Crippen LogP contribution in [0.15, 0.2) is 72.2 Å². The Morgan fingerprint density at radius 1 is 1.12 bits per heavy atom. The number of rotatable bonds is 9. The van der Waals surface area contributed by atoms with Crippen LogP contribution in [0, 0.1) is 5.92 Å². The fraction of sp³-hybridized carbons (Fsp3) is 0.400. The summed E-state index contributed by atoms with van der Waals surface area (Å²) in [6.07, 6.45) is 4.43. The molecule has 7 nitrogen and oxygen atoms in total. The van der Waals surface area contributed by atoms with E-state index in [0.717, 1.165) is 38.6 Å². The topological polar surface area (TPSA) is 67.6 Å². The molecule has 1 N–H and O–H groups in total. The zero-order valence-electron chi connectivity index (χ0n) is 19.1. The summed E-state index contributed by atoms with van der Waals surface area (Å²) < 4.78 is 7.81. The molecule has 0 aliphatic carbocycles. The molecule has 0 spiro atoms. The standard InChI is InChI=1S/C25H32N6O.HI/c1-2-27-25(28-14-22-9-6-10-23(13-22)16-31-20-26-19-29-31)30-12-11-24(15-30)18-32-17-21-7-4-3-5-8-21;/h3-10,13,19-20,24H,2,11-12,14-18H2,1H3,(H,27,28);1H. The maximum absolute atomic E-state index is 5.98. The molecule has 3 aromatic rings. The second kappa shape index (κ2) is 13.3. The van der Waals surface area contributed by atoms with Gasteiger partial charge in [-0.05, 0) is 30.0 Å². The number of halogens is 1. The molecule has 176 valence electrons. The summed E-state index contributed by atoms with van der Waals surface area (Å²) in [4.78, 5) is 11.3. The second-order valence-electron chi connectivity index (χ2n) is 8.18. The first-order chi connectivity index (χ1) is 15.8. The number of likely N-dealkylation sites (tertiary alicyclic amines) is 1. The Morgan fingerprint density at radius 2 is 1.94 bits per heavy atom. The van der Waals surface area contributed by atoms with Crippen LogP contribution in [0.2, 0.25) is 0 Å². The first-order valence-corrected chi connectivity index (χ1v) is 11.4. The zero-order valence-corrected chi connectivity index (χ0v) is 21.5. The molecule has 0 amide bonds. The predicted octanol–water partition coefficient (Wildman–Crippen LogP) is 3.95. The number of hydrogen-bond acceptors (Lipinski definition) is 4. The lowest BCUT2D eigenvalue weighted by atomic mass is 10.1. The third-order valence-electron chi connectivity index (χ3n) is 5.60. The lowest BCUT2D eigenvalue weighted by molar-refractivity contribution is 0.0906. The van der Waals surface area contributed by atoms with Gasteiger partial charge < -0.3 is 15.0 Å². The summed E-state index contributed by atoms with van der Waals surface area (Å²) in [5.74, 6) is 1.52. The van der Waals surface area contributed by atoms with Crippen LogP contribution >= 0.6 is 24.0 Å². The first kappa shape index (κ1) is 25.2. The molecule has 1 atom stereocenters. The van der Waals surface area contributed by atoms with Crippen molar-refractivity contribution in [2.24, 2.45) is 10.9 Å². The van der Waals surface area contributed by atoms with Gasteiger partial charge in [0, 0.05) is 25.6 Å². The van der Waals surface area contributed by atoms with E-state index >= 15 is 0 Å². The van der Waals surface area contributed by atoms with Crippen molar-refractivity contribution in [1.29, 1.82) is 0 Å². The summed E-state index contributed by atoms with van der Waals surface area (Å²) >= 11 is 0. The first-order valence-electron chi connectivity index (χ1n) is 11.4. The molecule has 0 saturated carbocycles. The number of hydrogen-bond donors (Lipinski definition) is 1. The minimum absolute atomic E-state index is 0. The highest BCUT2D eigenvalue weighted by atomic mass is 127. The van der Waals surface area contributed by atoms with Crippen LogP contribution in [0.3, 0.4) is 0 Å². The van der Waals surface area contributed by atoms with Crippen LogP contribution in [-0.4, -0.2) is 51.9 Å². The van der Waals surface area contributed by atoms with Gasteiger partial charge in [0.1, 0.15) is 12.7 Å². The average molecular weight is 560 g/mol. The molecule has 1 saturated heterocycles. The Balaban J connectivity index is 0.00000306. The van der Waals surface area contributed by atoms with Crippen molar-refractivity contribution >= 4 is 29.9 Å². The van der Waals surface area contributed by atoms with Gasteiger partial charge in [0.15, 0.2) is 5.96 Å². The Hall–Kier alpha value is -2.46. The molecule has 1 aliphatic heterocycles. The number of aromatic nitrogens is 3. The van der Waals surface area contributed by atoms with Gasteiger partial charge in [-0.3, -0.25) is 0 Å². The van der Waals surface area contributed by atoms with Gasteiger partial charge in [-0.25, -0.2) is 14.7 Å². The number of nitrogens with one attached hydrogen (secondary N) is 1. The van der Waals surface area contributed by atoms with Crippen molar-refractivity contribution in [3.63, 3.8) is 0 Å². The Morgan fingerprint density at radius 3 is 2.73 bits per heavy atom. The van der Waals surface area contributed by atoms with Crippen molar-refractivity contribution in [2.45, 2.75) is 33.0 Å². The molecule has 0 bridgehead atoms. The fourth-order valence-corrected chi connectivity index (χ4v) is 4.00. The Kier molecular flexibility index (Phi) is 10.1. The van der Waals surface area contributed by atoms with Crippen LogP contribution in [0.5, 0.6) is 0 Å². The number of ether oxygens (including phenoxy) is 1. The summed E-state index contributed by atoms with van der Waals surface area (Å²) in [6.45, 7) is 7.80. The summed E-state index contributed by atoms with van der Waals surface area (Å²) in [7, 11) is 0. The molecule has 4 rings (SSSR count). The van der Waals surface area contributed by atoms with Gasteiger partial charge >= 0.3 is 0 Å². The highest BCUT2D eigenvalue weighted by molar-refractivity contribution is 14.0. The van der Waals surface area contributed by atoms with E-state index in [1.54, 1.807) is 12.7 Å². The normalized spacial score (nSPS) is 16.0. The molecule has 0 radical (unpaired) electrons. The van der Waals surface area contributed by atoms with Crippen LogP contribution in [-0.2, 0) is 24.4 Å². The van der Waals surface area contributed by atoms with Gasteiger partial charge in [0.2, 0.25) is 0 Å². The van der Waals surface area contributed by atoms with Gasteiger partial charge in [-0.1, -0.05) is 54.6 Å². The van der Waals surface area contributed by atoms with E-state index in [0.29, 0.717) is 25.6 Å². The summed E-state index contributed by atoms with van der Waals surface area (Å²) in [6, 6.07) is 18.9. The maximum atomic E-state index is 5.98. The predicted molar refractivity (Wildman–Crippen MR) is 142 cm³/mol. The second-order valence-corrected chi connectivity index (χ2v) is 8.18. The van der Waals surface area contributed by atoms with Crippen molar-refractivity contribution < 1.29 is 4.74 Å². The van der Waals surface area contributed by atoms with Crippen molar-refractivity contribution in [1.82, 2.24) is 25.0 Å². The monoisotopic (exact) mass is 560 g/mol. The van der Waals surface area contributed by atoms with Crippen LogP contribution in [0.4, 0.5) is 0 Å². The fourth-order valence-electron chi connectivity index (χ4n) is 4.00. The molecule has 1 unspecified atom stereocenters. The van der Waals surface area contributed by atoms with Gasteiger partial charge in [-0.2, -0.15) is 5.10 Å². The molecule has 8 heteroatoms. The lowest BCUT2D eigenvalue weighted by Gasteiger charge is -2.22. The van der Waals surface area contributed by atoms with Crippen molar-refractivity contribution in [3.05, 3.63) is 83.9 Å². The van der Waals surface area contributed by atoms with E-state index in [1.807, 2.05) is 10.7 Å². The van der Waals surface area contributed by atoms with E-state index in [9.17, 15) is 0 Å². The molecule has 2 aromatic carbocycles. The van der Waals surface area contributed by atoms with Crippen LogP contribution < -0.4 is 5.32 Å². The number of guanidine groups is 1. The maximum Gasteiger partial charge on any atom is 0.194 e. The van der Waals surface area contributed by atoms with Gasteiger partial charge in [0.25, 0.3) is 0 Å². The van der Waals surface area contributed by atoms with E-state index in [1.165, 1.54) is 16.7 Å². The number of aliphatic imine (C=N–C) groups is 1. The summed E-state index contributed by atoms with van der Waals surface area (Å²) in [5, 5.41) is 7.65. The van der Waals surface area contributed by atoms with Crippen LogP contribution in [0.25, 0.3) is 0 Å². The van der Waals surface area contributed by atoms with Crippen molar-refractivity contribution in [3.8, 4) is 0 Å². The quantitative estimate of drug-likeness (QED) is 0.244. The third kappa shape index (κ3) is 7.82. The molecule has 1 aromatic heterocycles. The highest BCUT2D eigenvalue weighted by Gasteiger charge is 2.25. The van der Waals surface area contributed by atoms with Gasteiger partial charge in [0.05, 0.1) is 26.3 Å². The molecule has 2 heterocycles. The average Bonchev–Trinajstić information content (AvgIpc) is 3.50. The Labute approximate surface area is 213 Å². The minimum atomic E-state index is 0. The SMILES string of the molecule is CCNC(=NCc1cccc(Cn2cncn2)c1)N1CCC(COCc2ccccc2)C1.I. The van der Waals surface area contributed by atoms with Gasteiger partial charge in [-0.15, -0.1) is 24.0 Å². The van der Waals surface area contributed by atoms with Crippen LogP contribution in [0.1, 0.15) is 30.0 Å². The van der Waals surface area contributed by atoms with E-state index in [2.05, 4.69) is 75.8 Å². The molecular formula is C25H33IN6O. The molecular weight excluding hydrogens is 527 g/mol.